The van der Waals surface area contributed by atoms with Crippen LogP contribution in [0.5, 0.6) is 0 Å². The zero-order valence-electron chi connectivity index (χ0n) is 14.6. The van der Waals surface area contributed by atoms with Gasteiger partial charge in [0.1, 0.15) is 6.54 Å². The number of nitrogens with zero attached hydrogens (tertiary/aromatic N) is 1. The third kappa shape index (κ3) is 8.59. The Kier molecular flexibility index (Phi) is 10.6. The van der Waals surface area contributed by atoms with Crippen molar-refractivity contribution in [3.63, 3.8) is 0 Å². The second-order valence-corrected chi connectivity index (χ2v) is 7.23. The summed E-state index contributed by atoms with van der Waals surface area (Å²) in [6, 6.07) is 5.81. The van der Waals surface area contributed by atoms with Gasteiger partial charge in [-0.05, 0) is 56.4 Å². The monoisotopic (exact) mass is 414 g/mol. The molecule has 1 aromatic rings. The minimum atomic E-state index is -0.129. The first-order valence-electron chi connectivity index (χ1n) is 8.14. The van der Waals surface area contributed by atoms with Crippen LogP contribution in [0.3, 0.4) is 0 Å². The van der Waals surface area contributed by atoms with E-state index in [1.165, 1.54) is 12.2 Å². The van der Waals surface area contributed by atoms with Crippen molar-refractivity contribution in [3.05, 3.63) is 28.2 Å². The fourth-order valence-electron chi connectivity index (χ4n) is 1.99. The molecule has 0 fully saturated rings. The molecule has 0 aromatic heterocycles. The van der Waals surface area contributed by atoms with Crippen molar-refractivity contribution >= 4 is 45.2 Å². The van der Waals surface area contributed by atoms with E-state index >= 15 is 0 Å². The molecule has 0 atom stereocenters. The number of guanidine groups is 1. The van der Waals surface area contributed by atoms with E-state index in [9.17, 15) is 4.79 Å². The number of benzene rings is 1. The molecule has 0 heterocycles. The van der Waals surface area contributed by atoms with Crippen molar-refractivity contribution in [1.82, 2.24) is 10.6 Å². The second-order valence-electron chi connectivity index (χ2n) is 5.33. The number of anilines is 1. The van der Waals surface area contributed by atoms with Crippen molar-refractivity contribution in [2.45, 2.75) is 26.7 Å². The van der Waals surface area contributed by atoms with Gasteiger partial charge in [0.2, 0.25) is 5.91 Å². The minimum Gasteiger partial charge on any atom is -0.357 e. The lowest BCUT2D eigenvalue weighted by atomic mass is 10.2. The van der Waals surface area contributed by atoms with Crippen LogP contribution in [0.15, 0.2) is 27.7 Å². The Morgan fingerprint density at radius 3 is 2.79 bits per heavy atom. The van der Waals surface area contributed by atoms with Crippen molar-refractivity contribution in [2.24, 2.45) is 4.99 Å². The first-order chi connectivity index (χ1) is 11.6. The second kappa shape index (κ2) is 12.2. The third-order valence-corrected chi connectivity index (χ3v) is 4.46. The summed E-state index contributed by atoms with van der Waals surface area (Å²) in [5.41, 5.74) is 1.83. The van der Waals surface area contributed by atoms with Crippen molar-refractivity contribution in [1.29, 1.82) is 0 Å². The van der Waals surface area contributed by atoms with Crippen molar-refractivity contribution < 1.29 is 4.79 Å². The largest absolute Gasteiger partial charge is 0.357 e. The number of aryl methyl sites for hydroxylation is 1. The molecule has 0 saturated carbocycles. The van der Waals surface area contributed by atoms with Gasteiger partial charge in [-0.1, -0.05) is 22.0 Å². The maximum atomic E-state index is 12.1. The number of carbonyl (C=O) groups is 1. The highest BCUT2D eigenvalue weighted by Crippen LogP contribution is 2.20. The summed E-state index contributed by atoms with van der Waals surface area (Å²) in [5.74, 6) is 1.72. The zero-order valence-corrected chi connectivity index (χ0v) is 17.0. The number of thioether (sulfide) groups is 1. The fourth-order valence-corrected chi connectivity index (χ4v) is 2.84. The zero-order chi connectivity index (χ0) is 17.8. The standard InChI is InChI=1S/C17H27BrN4OS/c1-4-19-17(20-9-5-6-10-24-3)21-12-16(23)22-15-11-14(18)8-7-13(15)2/h7-8,11H,4-6,9-10,12H2,1-3H3,(H,22,23)(H2,19,20,21). The summed E-state index contributed by atoms with van der Waals surface area (Å²) in [5, 5.41) is 9.32. The van der Waals surface area contributed by atoms with Gasteiger partial charge < -0.3 is 16.0 Å². The van der Waals surface area contributed by atoms with Gasteiger partial charge in [0.15, 0.2) is 5.96 Å². The number of aliphatic imine (C=N–C) groups is 1. The molecule has 0 spiro atoms. The van der Waals surface area contributed by atoms with Gasteiger partial charge in [-0.2, -0.15) is 11.8 Å². The number of carbonyl (C=O) groups excluding carboxylic acids is 1. The van der Waals surface area contributed by atoms with Gasteiger partial charge in [-0.3, -0.25) is 4.79 Å². The summed E-state index contributed by atoms with van der Waals surface area (Å²) >= 11 is 5.27. The van der Waals surface area contributed by atoms with Crippen LogP contribution in [-0.2, 0) is 4.79 Å². The molecule has 0 saturated heterocycles. The SMILES string of the molecule is CCNC(=NCC(=O)Nc1cc(Br)ccc1C)NCCCCSC. The number of unbranched alkanes of at least 4 members (excludes halogenated alkanes) is 1. The average Bonchev–Trinajstić information content (AvgIpc) is 2.55. The summed E-state index contributed by atoms with van der Waals surface area (Å²) < 4.78 is 0.937. The van der Waals surface area contributed by atoms with E-state index in [1.54, 1.807) is 0 Å². The first-order valence-corrected chi connectivity index (χ1v) is 10.3. The van der Waals surface area contributed by atoms with Crippen LogP contribution in [0.1, 0.15) is 25.3 Å². The lowest BCUT2D eigenvalue weighted by Gasteiger charge is -2.11. The van der Waals surface area contributed by atoms with E-state index in [1.807, 2.05) is 43.8 Å². The van der Waals surface area contributed by atoms with Crippen molar-refractivity contribution in [2.75, 3.05) is 37.0 Å². The summed E-state index contributed by atoms with van der Waals surface area (Å²) in [6.45, 7) is 5.69. The number of rotatable bonds is 9. The van der Waals surface area contributed by atoms with Crippen molar-refractivity contribution in [3.8, 4) is 0 Å². The Hall–Kier alpha value is -1.21. The van der Waals surface area contributed by atoms with E-state index in [2.05, 4.69) is 43.1 Å². The summed E-state index contributed by atoms with van der Waals surface area (Å²) in [6.07, 6.45) is 4.38. The minimum absolute atomic E-state index is 0.0894. The lowest BCUT2D eigenvalue weighted by Crippen LogP contribution is -2.38. The predicted molar refractivity (Wildman–Crippen MR) is 109 cm³/mol. The quantitative estimate of drug-likeness (QED) is 0.329. The maximum Gasteiger partial charge on any atom is 0.246 e. The van der Waals surface area contributed by atoms with E-state index < -0.39 is 0 Å². The smallest absolute Gasteiger partial charge is 0.246 e. The van der Waals surface area contributed by atoms with E-state index in [-0.39, 0.29) is 12.5 Å². The van der Waals surface area contributed by atoms with Crippen LogP contribution in [0.25, 0.3) is 0 Å². The molecule has 1 aromatic carbocycles. The molecule has 0 bridgehead atoms. The van der Waals surface area contributed by atoms with Gasteiger partial charge in [0.25, 0.3) is 0 Å². The highest BCUT2D eigenvalue weighted by Gasteiger charge is 2.06. The molecule has 7 heteroatoms. The van der Waals surface area contributed by atoms with Crippen LogP contribution in [-0.4, -0.2) is 43.5 Å². The Balaban J connectivity index is 2.49. The van der Waals surface area contributed by atoms with Gasteiger partial charge in [-0.15, -0.1) is 0 Å². The first kappa shape index (κ1) is 20.8. The topological polar surface area (TPSA) is 65.5 Å². The lowest BCUT2D eigenvalue weighted by molar-refractivity contribution is -0.114. The number of amides is 1. The van der Waals surface area contributed by atoms with Crippen LogP contribution in [0, 0.1) is 6.92 Å². The molecule has 3 N–H and O–H groups in total. The van der Waals surface area contributed by atoms with Gasteiger partial charge in [0.05, 0.1) is 0 Å². The normalized spacial score (nSPS) is 11.2. The van der Waals surface area contributed by atoms with E-state index in [4.69, 9.17) is 0 Å². The van der Waals surface area contributed by atoms with Crippen LogP contribution >= 0.6 is 27.7 Å². The summed E-state index contributed by atoms with van der Waals surface area (Å²) in [7, 11) is 0. The van der Waals surface area contributed by atoms with Gasteiger partial charge >= 0.3 is 0 Å². The van der Waals surface area contributed by atoms with Gasteiger partial charge in [-0.25, -0.2) is 4.99 Å². The van der Waals surface area contributed by atoms with Crippen LogP contribution in [0.2, 0.25) is 0 Å². The molecular weight excluding hydrogens is 388 g/mol. The fraction of sp³-hybridized carbons (Fsp3) is 0.529. The maximum absolute atomic E-state index is 12.1. The Morgan fingerprint density at radius 2 is 2.08 bits per heavy atom. The number of halogens is 1. The van der Waals surface area contributed by atoms with Gasteiger partial charge in [0, 0.05) is 23.2 Å². The van der Waals surface area contributed by atoms with Crippen LogP contribution in [0.4, 0.5) is 5.69 Å². The highest BCUT2D eigenvalue weighted by molar-refractivity contribution is 9.10. The Bertz CT molecular complexity index is 551. The number of hydrogen-bond donors (Lipinski definition) is 3. The molecule has 24 heavy (non-hydrogen) atoms. The molecular formula is C17H27BrN4OS. The predicted octanol–water partition coefficient (Wildman–Crippen LogP) is 3.39. The number of nitrogens with one attached hydrogen (secondary N) is 3. The molecule has 5 nitrogen and oxygen atoms in total. The van der Waals surface area contributed by atoms with E-state index in [0.29, 0.717) is 5.96 Å². The molecule has 0 aliphatic rings. The van der Waals surface area contributed by atoms with E-state index in [0.717, 1.165) is 35.2 Å². The molecule has 1 rings (SSSR count). The Labute approximate surface area is 157 Å². The number of hydrogen-bond acceptors (Lipinski definition) is 3. The third-order valence-electron chi connectivity index (χ3n) is 3.27. The van der Waals surface area contributed by atoms with Crippen LogP contribution < -0.4 is 16.0 Å². The molecule has 0 radical (unpaired) electrons. The molecule has 0 aliphatic carbocycles. The Morgan fingerprint density at radius 1 is 1.29 bits per heavy atom. The highest BCUT2D eigenvalue weighted by atomic mass is 79.9. The summed E-state index contributed by atoms with van der Waals surface area (Å²) in [4.78, 5) is 16.5. The molecule has 1 amide bonds. The molecule has 0 aliphatic heterocycles. The molecule has 134 valence electrons. The average molecular weight is 415 g/mol. The molecule has 0 unspecified atom stereocenters.